The number of hydrogen-bond acceptors (Lipinski definition) is 5. The van der Waals surface area contributed by atoms with E-state index in [0.717, 1.165) is 4.88 Å². The zero-order valence-corrected chi connectivity index (χ0v) is 15.7. The highest BCUT2D eigenvalue weighted by Gasteiger charge is 2.30. The van der Waals surface area contributed by atoms with Gasteiger partial charge in [0.25, 0.3) is 0 Å². The number of thiophene rings is 1. The van der Waals surface area contributed by atoms with Crippen LogP contribution < -0.4 is 9.47 Å². The highest BCUT2D eigenvalue weighted by Crippen LogP contribution is 2.37. The molecule has 140 valence electrons. The van der Waals surface area contributed by atoms with Crippen molar-refractivity contribution in [3.05, 3.63) is 87.1 Å². The maximum Gasteiger partial charge on any atom is 0.316 e. The maximum atomic E-state index is 13.9. The first-order chi connectivity index (χ1) is 13.5. The Bertz CT molecular complexity index is 1100. The molecule has 1 aliphatic heterocycles. The molecule has 2 aromatic carbocycles. The molecule has 0 bridgehead atoms. The molecule has 1 aromatic heterocycles. The van der Waals surface area contributed by atoms with Crippen molar-refractivity contribution in [1.82, 2.24) is 0 Å². The van der Waals surface area contributed by atoms with E-state index in [9.17, 15) is 14.0 Å². The molecule has 0 amide bonds. The Labute approximate surface area is 164 Å². The lowest BCUT2D eigenvalue weighted by atomic mass is 10.0. The van der Waals surface area contributed by atoms with E-state index in [4.69, 9.17) is 9.47 Å². The Morgan fingerprint density at radius 3 is 2.79 bits per heavy atom. The van der Waals surface area contributed by atoms with Gasteiger partial charge in [0.1, 0.15) is 17.3 Å². The fourth-order valence-corrected chi connectivity index (χ4v) is 3.68. The second kappa shape index (κ2) is 7.40. The number of ketones is 1. The van der Waals surface area contributed by atoms with Gasteiger partial charge in [-0.1, -0.05) is 24.3 Å². The van der Waals surface area contributed by atoms with Gasteiger partial charge in [-0.2, -0.15) is 0 Å². The van der Waals surface area contributed by atoms with E-state index < -0.39 is 11.8 Å². The minimum absolute atomic E-state index is 0.0327. The van der Waals surface area contributed by atoms with Crippen molar-refractivity contribution < 1.29 is 23.5 Å². The molecule has 28 heavy (non-hydrogen) atoms. The number of ether oxygens (including phenoxy) is 2. The predicted octanol–water partition coefficient (Wildman–Crippen LogP) is 4.96. The topological polar surface area (TPSA) is 52.6 Å². The number of carbonyl (C=O) groups excluding carboxylic acids is 2. The predicted molar refractivity (Wildman–Crippen MR) is 104 cm³/mol. The highest BCUT2D eigenvalue weighted by molar-refractivity contribution is 7.10. The van der Waals surface area contributed by atoms with E-state index in [2.05, 4.69) is 0 Å². The summed E-state index contributed by atoms with van der Waals surface area (Å²) in [6.45, 7) is 1.74. The number of allylic oxidation sites excluding steroid dienone is 1. The van der Waals surface area contributed by atoms with E-state index in [0.29, 0.717) is 22.6 Å². The van der Waals surface area contributed by atoms with Gasteiger partial charge in [-0.3, -0.25) is 9.59 Å². The number of Topliss-reactive ketones (excluding diaryl/α,β-unsaturated/α-hetero) is 1. The van der Waals surface area contributed by atoms with E-state index in [1.807, 2.05) is 17.5 Å². The van der Waals surface area contributed by atoms with Crippen molar-refractivity contribution in [3.63, 3.8) is 0 Å². The fraction of sp³-hybridized carbons (Fsp3) is 0.0909. The van der Waals surface area contributed by atoms with Gasteiger partial charge < -0.3 is 9.47 Å². The largest absolute Gasteiger partial charge is 0.452 e. The second-order valence-electron chi connectivity index (χ2n) is 6.30. The van der Waals surface area contributed by atoms with Gasteiger partial charge in [0.15, 0.2) is 5.76 Å². The average Bonchev–Trinajstić information content (AvgIpc) is 3.25. The zero-order chi connectivity index (χ0) is 19.7. The van der Waals surface area contributed by atoms with Crippen LogP contribution in [0.2, 0.25) is 0 Å². The summed E-state index contributed by atoms with van der Waals surface area (Å²) in [6.07, 6.45) is 1.55. The summed E-state index contributed by atoms with van der Waals surface area (Å²) in [7, 11) is 0. The molecule has 0 aliphatic carbocycles. The average molecular weight is 394 g/mol. The lowest BCUT2D eigenvalue weighted by Crippen LogP contribution is -2.10. The van der Waals surface area contributed by atoms with E-state index in [1.165, 1.54) is 29.5 Å². The molecule has 4 nitrogen and oxygen atoms in total. The number of carbonyl (C=O) groups is 2. The summed E-state index contributed by atoms with van der Waals surface area (Å²) >= 11 is 1.48. The summed E-state index contributed by atoms with van der Waals surface area (Å²) in [5.41, 5.74) is 1.28. The van der Waals surface area contributed by atoms with Crippen molar-refractivity contribution in [1.29, 1.82) is 0 Å². The molecule has 0 unspecified atom stereocenters. The second-order valence-corrected chi connectivity index (χ2v) is 7.34. The Balaban J connectivity index is 1.58. The molecule has 0 radical (unpaired) electrons. The summed E-state index contributed by atoms with van der Waals surface area (Å²) in [5.74, 6) is -0.530. The smallest absolute Gasteiger partial charge is 0.316 e. The molecule has 0 atom stereocenters. The van der Waals surface area contributed by atoms with Gasteiger partial charge >= 0.3 is 5.97 Å². The third kappa shape index (κ3) is 3.59. The third-order valence-corrected chi connectivity index (χ3v) is 5.14. The fourth-order valence-electron chi connectivity index (χ4n) is 2.99. The molecule has 4 rings (SSSR count). The van der Waals surface area contributed by atoms with Gasteiger partial charge in [-0.05, 0) is 42.1 Å². The van der Waals surface area contributed by atoms with Gasteiger partial charge in [-0.15, -0.1) is 11.3 Å². The molecule has 3 aromatic rings. The SMILES string of the molecule is Cc1cc(OC(=O)Cc2cccs2)cc2c1C(=O)/C(=C/c1ccccc1F)O2. The molecular weight excluding hydrogens is 379 g/mol. The van der Waals surface area contributed by atoms with Crippen LogP contribution in [0, 0.1) is 12.7 Å². The first-order valence-corrected chi connectivity index (χ1v) is 9.46. The van der Waals surface area contributed by atoms with Crippen molar-refractivity contribution in [3.8, 4) is 11.5 Å². The van der Waals surface area contributed by atoms with Gasteiger partial charge in [0, 0.05) is 16.5 Å². The molecule has 0 fully saturated rings. The number of halogens is 1. The number of fused-ring (bicyclic) bond motifs is 1. The molecule has 0 spiro atoms. The van der Waals surface area contributed by atoms with Gasteiger partial charge in [0.2, 0.25) is 5.78 Å². The van der Waals surface area contributed by atoms with Crippen LogP contribution in [0.5, 0.6) is 11.5 Å². The first-order valence-electron chi connectivity index (χ1n) is 8.58. The lowest BCUT2D eigenvalue weighted by Gasteiger charge is -2.07. The minimum Gasteiger partial charge on any atom is -0.452 e. The Morgan fingerprint density at radius 1 is 1.21 bits per heavy atom. The van der Waals surface area contributed by atoms with E-state index in [-0.39, 0.29) is 23.5 Å². The van der Waals surface area contributed by atoms with Crippen molar-refractivity contribution in [2.45, 2.75) is 13.3 Å². The van der Waals surface area contributed by atoms with Crippen molar-refractivity contribution in [2.75, 3.05) is 0 Å². The van der Waals surface area contributed by atoms with Crippen LogP contribution >= 0.6 is 11.3 Å². The van der Waals surface area contributed by atoms with Crippen LogP contribution in [0.4, 0.5) is 4.39 Å². The number of aryl methyl sites for hydroxylation is 1. The first kappa shape index (κ1) is 18.1. The van der Waals surface area contributed by atoms with Crippen LogP contribution in [-0.2, 0) is 11.2 Å². The maximum absolute atomic E-state index is 13.9. The number of esters is 1. The molecule has 0 saturated carbocycles. The minimum atomic E-state index is -0.442. The monoisotopic (exact) mass is 394 g/mol. The third-order valence-electron chi connectivity index (χ3n) is 4.27. The van der Waals surface area contributed by atoms with Crippen LogP contribution in [0.3, 0.4) is 0 Å². The van der Waals surface area contributed by atoms with E-state index >= 15 is 0 Å². The Kier molecular flexibility index (Phi) is 4.79. The van der Waals surface area contributed by atoms with E-state index in [1.54, 1.807) is 31.2 Å². The molecule has 1 aliphatic rings. The molecule has 2 heterocycles. The van der Waals surface area contributed by atoms with Crippen molar-refractivity contribution >= 4 is 29.2 Å². The van der Waals surface area contributed by atoms with Crippen LogP contribution in [-0.4, -0.2) is 11.8 Å². The summed E-state index contributed by atoms with van der Waals surface area (Å²) in [6, 6.07) is 13.0. The standard InChI is InChI=1S/C22H15FO4S/c1-13-9-15(26-20(24)12-16-6-4-8-28-16)11-18-21(13)22(25)19(27-18)10-14-5-2-3-7-17(14)23/h2-11H,12H2,1H3/b19-10-. The quantitative estimate of drug-likeness (QED) is 0.357. The zero-order valence-electron chi connectivity index (χ0n) is 14.9. The number of benzene rings is 2. The van der Waals surface area contributed by atoms with Crippen LogP contribution in [0.1, 0.15) is 26.4 Å². The molecule has 0 saturated heterocycles. The molecule has 6 heteroatoms. The molecular formula is C22H15FO4S. The highest BCUT2D eigenvalue weighted by atomic mass is 32.1. The summed E-state index contributed by atoms with van der Waals surface area (Å²) < 4.78 is 24.9. The number of rotatable bonds is 4. The van der Waals surface area contributed by atoms with Crippen molar-refractivity contribution in [2.24, 2.45) is 0 Å². The summed E-state index contributed by atoms with van der Waals surface area (Å²) in [5, 5.41) is 1.89. The summed E-state index contributed by atoms with van der Waals surface area (Å²) in [4.78, 5) is 25.7. The lowest BCUT2D eigenvalue weighted by molar-refractivity contribution is -0.133. The Hall–Kier alpha value is -3.25. The molecule has 0 N–H and O–H groups in total. The van der Waals surface area contributed by atoms with Gasteiger partial charge in [0.05, 0.1) is 12.0 Å². The normalized spacial score (nSPS) is 14.1. The van der Waals surface area contributed by atoms with Gasteiger partial charge in [-0.25, -0.2) is 4.39 Å². The van der Waals surface area contributed by atoms with Crippen LogP contribution in [0.15, 0.2) is 59.7 Å². The Morgan fingerprint density at radius 2 is 2.04 bits per heavy atom. The number of hydrogen-bond donors (Lipinski definition) is 0. The van der Waals surface area contributed by atoms with Crippen LogP contribution in [0.25, 0.3) is 6.08 Å².